The van der Waals surface area contributed by atoms with E-state index in [2.05, 4.69) is 5.32 Å². The van der Waals surface area contributed by atoms with Crippen LogP contribution in [0.25, 0.3) is 6.08 Å². The predicted molar refractivity (Wildman–Crippen MR) is 72.0 cm³/mol. The Labute approximate surface area is 120 Å². The summed E-state index contributed by atoms with van der Waals surface area (Å²) >= 11 is 0. The van der Waals surface area contributed by atoms with Crippen molar-refractivity contribution < 1.29 is 28.6 Å². The first-order valence-corrected chi connectivity index (χ1v) is 6.16. The van der Waals surface area contributed by atoms with E-state index in [4.69, 9.17) is 14.6 Å². The number of hydrogen-bond donors (Lipinski definition) is 2. The molecule has 112 valence electrons. The Morgan fingerprint density at radius 2 is 2.29 bits per heavy atom. The summed E-state index contributed by atoms with van der Waals surface area (Å²) in [5.41, 5.74) is 0.855. The van der Waals surface area contributed by atoms with Crippen LogP contribution < -0.4 is 14.8 Å². The minimum Gasteiger partial charge on any atom is -0.493 e. The average molecular weight is 295 g/mol. The molecule has 0 radical (unpaired) electrons. The van der Waals surface area contributed by atoms with Gasteiger partial charge in [-0.3, -0.25) is 4.79 Å². The number of methoxy groups -OCH3 is 1. The van der Waals surface area contributed by atoms with Gasteiger partial charge < -0.3 is 19.9 Å². The number of fused-ring (bicyclic) bond motifs is 1. The largest absolute Gasteiger partial charge is 0.493 e. The van der Waals surface area contributed by atoms with E-state index in [1.807, 2.05) is 0 Å². The van der Waals surface area contributed by atoms with E-state index in [1.54, 1.807) is 24.3 Å². The van der Waals surface area contributed by atoms with E-state index in [0.717, 1.165) is 0 Å². The lowest BCUT2D eigenvalue weighted by Crippen LogP contribution is -2.43. The van der Waals surface area contributed by atoms with E-state index in [0.29, 0.717) is 17.1 Å². The maximum atomic E-state index is 12.5. The number of amides is 1. The number of carboxylic acid groups (broad SMARTS) is 1. The Hall–Kier alpha value is -2.57. The van der Waals surface area contributed by atoms with Gasteiger partial charge in [0.2, 0.25) is 0 Å². The van der Waals surface area contributed by atoms with E-state index in [1.165, 1.54) is 7.11 Å². The molecule has 2 rings (SSSR count). The van der Waals surface area contributed by atoms with Crippen LogP contribution >= 0.6 is 0 Å². The summed E-state index contributed by atoms with van der Waals surface area (Å²) in [7, 11) is 1.50. The van der Waals surface area contributed by atoms with Gasteiger partial charge in [-0.2, -0.15) is 0 Å². The van der Waals surface area contributed by atoms with E-state index in [-0.39, 0.29) is 12.2 Å². The summed E-state index contributed by atoms with van der Waals surface area (Å²) in [5, 5.41) is 10.8. The fourth-order valence-electron chi connectivity index (χ4n) is 1.89. The van der Waals surface area contributed by atoms with Gasteiger partial charge in [0.05, 0.1) is 12.7 Å². The van der Waals surface area contributed by atoms with Gasteiger partial charge >= 0.3 is 5.97 Å². The SMILES string of the molecule is COc1cccc2c1OCC(C(=O)NC(CF)C(=O)O)=C2. The highest BCUT2D eigenvalue weighted by atomic mass is 19.1. The molecule has 0 fully saturated rings. The minimum atomic E-state index is -1.56. The summed E-state index contributed by atoms with van der Waals surface area (Å²) in [5.74, 6) is -1.05. The van der Waals surface area contributed by atoms with E-state index >= 15 is 0 Å². The number of carbonyl (C=O) groups excluding carboxylic acids is 1. The highest BCUT2D eigenvalue weighted by Gasteiger charge is 2.24. The molecule has 1 atom stereocenters. The molecule has 1 aromatic carbocycles. The van der Waals surface area contributed by atoms with Gasteiger partial charge in [0.25, 0.3) is 5.91 Å². The van der Waals surface area contributed by atoms with Crippen molar-refractivity contribution in [2.45, 2.75) is 6.04 Å². The summed E-state index contributed by atoms with van der Waals surface area (Å²) in [6.45, 7) is -1.22. The lowest BCUT2D eigenvalue weighted by Gasteiger charge is -2.20. The molecular formula is C14H14FNO5. The number of carbonyl (C=O) groups is 2. The lowest BCUT2D eigenvalue weighted by molar-refractivity contribution is -0.141. The molecule has 1 aromatic rings. The highest BCUT2D eigenvalue weighted by molar-refractivity contribution is 6.01. The Balaban J connectivity index is 2.20. The maximum Gasteiger partial charge on any atom is 0.328 e. The van der Waals surface area contributed by atoms with Crippen LogP contribution in [-0.2, 0) is 9.59 Å². The molecule has 0 bridgehead atoms. The van der Waals surface area contributed by atoms with Crippen LogP contribution in [0.2, 0.25) is 0 Å². The van der Waals surface area contributed by atoms with Crippen LogP contribution in [0, 0.1) is 0 Å². The highest BCUT2D eigenvalue weighted by Crippen LogP contribution is 2.35. The normalized spacial score (nSPS) is 14.3. The molecule has 0 saturated heterocycles. The number of ether oxygens (including phenoxy) is 2. The molecule has 21 heavy (non-hydrogen) atoms. The molecule has 7 heteroatoms. The smallest absolute Gasteiger partial charge is 0.328 e. The third-order valence-electron chi connectivity index (χ3n) is 2.98. The number of nitrogens with one attached hydrogen (secondary N) is 1. The van der Waals surface area contributed by atoms with Gasteiger partial charge in [-0.15, -0.1) is 0 Å². The minimum absolute atomic E-state index is 0.0438. The third kappa shape index (κ3) is 3.13. The van der Waals surface area contributed by atoms with Crippen LogP contribution in [0.15, 0.2) is 23.8 Å². The summed E-state index contributed by atoms with van der Waals surface area (Å²) in [6, 6.07) is 3.63. The van der Waals surface area contributed by atoms with E-state index in [9.17, 15) is 14.0 Å². The van der Waals surface area contributed by atoms with Gasteiger partial charge in [0, 0.05) is 5.56 Å². The standard InChI is InChI=1S/C14H14FNO5/c1-20-11-4-2-3-8-5-9(7-21-12(8)11)13(17)16-10(6-15)14(18)19/h2-5,10H,6-7H2,1H3,(H,16,17)(H,18,19). The third-order valence-corrected chi connectivity index (χ3v) is 2.98. The molecule has 0 aliphatic carbocycles. The molecule has 1 aliphatic heterocycles. The first-order chi connectivity index (χ1) is 10.1. The number of alkyl halides is 1. The summed E-state index contributed by atoms with van der Waals surface area (Å²) in [4.78, 5) is 22.6. The molecule has 1 heterocycles. The van der Waals surface area contributed by atoms with Crippen molar-refractivity contribution in [1.29, 1.82) is 0 Å². The zero-order chi connectivity index (χ0) is 15.4. The van der Waals surface area contributed by atoms with Gasteiger partial charge in [-0.1, -0.05) is 12.1 Å². The van der Waals surface area contributed by atoms with Crippen molar-refractivity contribution in [3.8, 4) is 11.5 Å². The van der Waals surface area contributed by atoms with Gasteiger partial charge in [-0.25, -0.2) is 9.18 Å². The second kappa shape index (κ2) is 6.25. The lowest BCUT2D eigenvalue weighted by atomic mass is 10.1. The number of aliphatic carboxylic acids is 1. The van der Waals surface area contributed by atoms with Crippen molar-refractivity contribution in [1.82, 2.24) is 5.32 Å². The van der Waals surface area contributed by atoms with Gasteiger partial charge in [0.1, 0.15) is 13.3 Å². The van der Waals surface area contributed by atoms with Crippen LogP contribution in [0.5, 0.6) is 11.5 Å². The summed E-state index contributed by atoms with van der Waals surface area (Å²) < 4.78 is 23.1. The summed E-state index contributed by atoms with van der Waals surface area (Å²) in [6.07, 6.45) is 1.56. The zero-order valence-corrected chi connectivity index (χ0v) is 11.3. The number of benzene rings is 1. The zero-order valence-electron chi connectivity index (χ0n) is 11.3. The number of rotatable bonds is 5. The molecule has 6 nitrogen and oxygen atoms in total. The quantitative estimate of drug-likeness (QED) is 0.847. The molecule has 2 N–H and O–H groups in total. The number of carboxylic acids is 1. The predicted octanol–water partition coefficient (Wildman–Crippen LogP) is 1.01. The fourth-order valence-corrected chi connectivity index (χ4v) is 1.89. The first kappa shape index (κ1) is 14.8. The van der Waals surface area contributed by atoms with E-state index < -0.39 is 24.6 Å². The molecule has 0 aromatic heterocycles. The topological polar surface area (TPSA) is 84.9 Å². The van der Waals surface area contributed by atoms with Crippen LogP contribution in [-0.4, -0.2) is 43.4 Å². The molecule has 1 amide bonds. The fraction of sp³-hybridized carbons (Fsp3) is 0.286. The van der Waals surface area contributed by atoms with Crippen LogP contribution in [0.4, 0.5) is 4.39 Å². The Bertz CT molecular complexity index is 599. The maximum absolute atomic E-state index is 12.5. The average Bonchev–Trinajstić information content (AvgIpc) is 2.50. The van der Waals surface area contributed by atoms with Crippen molar-refractivity contribution in [2.24, 2.45) is 0 Å². The first-order valence-electron chi connectivity index (χ1n) is 6.16. The van der Waals surface area contributed by atoms with Crippen molar-refractivity contribution in [2.75, 3.05) is 20.4 Å². The second-order valence-electron chi connectivity index (χ2n) is 4.36. The number of hydrogen-bond acceptors (Lipinski definition) is 4. The molecule has 0 saturated carbocycles. The second-order valence-corrected chi connectivity index (χ2v) is 4.36. The van der Waals surface area contributed by atoms with Crippen molar-refractivity contribution >= 4 is 18.0 Å². The molecule has 1 unspecified atom stereocenters. The van der Waals surface area contributed by atoms with Crippen molar-refractivity contribution in [3.63, 3.8) is 0 Å². The Morgan fingerprint density at radius 1 is 1.52 bits per heavy atom. The van der Waals surface area contributed by atoms with Crippen LogP contribution in [0.1, 0.15) is 5.56 Å². The molecular weight excluding hydrogens is 281 g/mol. The number of halogens is 1. The van der Waals surface area contributed by atoms with Crippen molar-refractivity contribution in [3.05, 3.63) is 29.3 Å². The van der Waals surface area contributed by atoms with Gasteiger partial charge in [-0.05, 0) is 12.1 Å². The monoisotopic (exact) mass is 295 g/mol. The molecule has 0 spiro atoms. The Morgan fingerprint density at radius 3 is 2.90 bits per heavy atom. The van der Waals surface area contributed by atoms with Gasteiger partial charge in [0.15, 0.2) is 17.5 Å². The Kier molecular flexibility index (Phi) is 4.42. The number of para-hydroxylation sites is 1. The molecule has 1 aliphatic rings. The van der Waals surface area contributed by atoms with Crippen LogP contribution in [0.3, 0.4) is 0 Å².